The van der Waals surface area contributed by atoms with Crippen LogP contribution < -0.4 is 5.32 Å². The molecule has 1 aromatic rings. The number of Topliss-reactive ketones (excluding diaryl/α,β-unsaturated/α-hetero) is 1. The molecular formula is C23H34FNO4. The van der Waals surface area contributed by atoms with Crippen LogP contribution in [0.2, 0.25) is 0 Å². The first-order valence-corrected chi connectivity index (χ1v) is 10.4. The van der Waals surface area contributed by atoms with E-state index in [9.17, 15) is 14.0 Å². The number of esters is 1. The molecule has 0 radical (unpaired) electrons. The van der Waals surface area contributed by atoms with Gasteiger partial charge in [0.1, 0.15) is 17.2 Å². The first kappa shape index (κ1) is 23.5. The smallest absolute Gasteiger partial charge is 0.310 e. The van der Waals surface area contributed by atoms with Crippen LogP contribution in [0.3, 0.4) is 0 Å². The predicted molar refractivity (Wildman–Crippen MR) is 110 cm³/mol. The van der Waals surface area contributed by atoms with Crippen LogP contribution in [0.5, 0.6) is 0 Å². The second-order valence-corrected chi connectivity index (χ2v) is 8.89. The molecule has 0 spiro atoms. The lowest BCUT2D eigenvalue weighted by atomic mass is 9.86. The highest BCUT2D eigenvalue weighted by molar-refractivity contribution is 5.86. The SMILES string of the molecule is CO[C@@H]([C@@H]1CCCN1)[C@@H](C)C(=O)C[C@@H](Cc1ccccc1F)C(=O)OC(C)(C)C. The van der Waals surface area contributed by atoms with Gasteiger partial charge in [0.25, 0.3) is 0 Å². The number of carbonyl (C=O) groups excluding carboxylic acids is 2. The summed E-state index contributed by atoms with van der Waals surface area (Å²) in [5.74, 6) is -2.05. The van der Waals surface area contributed by atoms with Gasteiger partial charge in [-0.2, -0.15) is 0 Å². The van der Waals surface area contributed by atoms with Gasteiger partial charge >= 0.3 is 5.97 Å². The number of ether oxygens (including phenoxy) is 2. The molecule has 4 atom stereocenters. The van der Waals surface area contributed by atoms with Crippen LogP contribution in [0.4, 0.5) is 4.39 Å². The number of rotatable bonds is 9. The Balaban J connectivity index is 2.15. The molecule has 1 heterocycles. The lowest BCUT2D eigenvalue weighted by molar-refractivity contribution is -0.161. The highest BCUT2D eigenvalue weighted by Gasteiger charge is 2.36. The molecule has 0 unspecified atom stereocenters. The van der Waals surface area contributed by atoms with Gasteiger partial charge in [-0.05, 0) is 58.2 Å². The minimum absolute atomic E-state index is 0.00298. The van der Waals surface area contributed by atoms with Gasteiger partial charge in [-0.1, -0.05) is 25.1 Å². The third-order valence-corrected chi connectivity index (χ3v) is 5.38. The Morgan fingerprint density at radius 1 is 1.28 bits per heavy atom. The zero-order chi connectivity index (χ0) is 21.6. The first-order chi connectivity index (χ1) is 13.6. The number of nitrogens with one attached hydrogen (secondary N) is 1. The van der Waals surface area contributed by atoms with Gasteiger partial charge in [-0.15, -0.1) is 0 Å². The lowest BCUT2D eigenvalue weighted by Crippen LogP contribution is -2.44. The Morgan fingerprint density at radius 3 is 2.52 bits per heavy atom. The number of ketones is 1. The third kappa shape index (κ3) is 6.89. The summed E-state index contributed by atoms with van der Waals surface area (Å²) in [6.07, 6.45) is 1.88. The molecule has 1 aliphatic rings. The lowest BCUT2D eigenvalue weighted by Gasteiger charge is -2.29. The molecule has 1 fully saturated rings. The average Bonchev–Trinajstić information content (AvgIpc) is 3.16. The topological polar surface area (TPSA) is 64.6 Å². The van der Waals surface area contributed by atoms with E-state index in [1.165, 1.54) is 6.07 Å². The van der Waals surface area contributed by atoms with E-state index in [2.05, 4.69) is 5.32 Å². The Bertz CT molecular complexity index is 694. The average molecular weight is 408 g/mol. The molecule has 0 bridgehead atoms. The van der Waals surface area contributed by atoms with E-state index >= 15 is 0 Å². The van der Waals surface area contributed by atoms with Crippen molar-refractivity contribution in [2.75, 3.05) is 13.7 Å². The Hall–Kier alpha value is -1.79. The largest absolute Gasteiger partial charge is 0.460 e. The molecule has 1 N–H and O–H groups in total. The van der Waals surface area contributed by atoms with Gasteiger partial charge in [-0.3, -0.25) is 9.59 Å². The van der Waals surface area contributed by atoms with Gasteiger partial charge in [0, 0.05) is 25.5 Å². The van der Waals surface area contributed by atoms with Crippen molar-refractivity contribution in [2.45, 2.75) is 71.1 Å². The van der Waals surface area contributed by atoms with E-state index in [4.69, 9.17) is 9.47 Å². The highest BCUT2D eigenvalue weighted by Crippen LogP contribution is 2.25. The van der Waals surface area contributed by atoms with Gasteiger partial charge in [-0.25, -0.2) is 4.39 Å². The quantitative estimate of drug-likeness (QED) is 0.633. The fraction of sp³-hybridized carbons (Fsp3) is 0.652. The number of methoxy groups -OCH3 is 1. The summed E-state index contributed by atoms with van der Waals surface area (Å²) in [6.45, 7) is 8.09. The van der Waals surface area contributed by atoms with E-state index in [1.807, 2.05) is 6.92 Å². The van der Waals surface area contributed by atoms with Crippen LogP contribution in [-0.2, 0) is 25.5 Å². The molecule has 2 rings (SSSR count). The van der Waals surface area contributed by atoms with E-state index < -0.39 is 17.5 Å². The second kappa shape index (κ2) is 10.3. The van der Waals surface area contributed by atoms with Crippen LogP contribution in [0, 0.1) is 17.7 Å². The van der Waals surface area contributed by atoms with Crippen LogP contribution in [0.15, 0.2) is 24.3 Å². The molecule has 1 aromatic carbocycles. The molecule has 6 heteroatoms. The van der Waals surface area contributed by atoms with Crippen molar-refractivity contribution in [1.82, 2.24) is 5.32 Å². The first-order valence-electron chi connectivity index (χ1n) is 10.4. The highest BCUT2D eigenvalue weighted by atomic mass is 19.1. The summed E-state index contributed by atoms with van der Waals surface area (Å²) in [6, 6.07) is 6.46. The Labute approximate surface area is 173 Å². The second-order valence-electron chi connectivity index (χ2n) is 8.89. The molecule has 1 saturated heterocycles. The van der Waals surface area contributed by atoms with Crippen molar-refractivity contribution in [3.63, 3.8) is 0 Å². The van der Waals surface area contributed by atoms with E-state index in [1.54, 1.807) is 46.1 Å². The number of hydrogen-bond acceptors (Lipinski definition) is 5. The fourth-order valence-corrected chi connectivity index (χ4v) is 3.87. The van der Waals surface area contributed by atoms with Crippen molar-refractivity contribution >= 4 is 11.8 Å². The third-order valence-electron chi connectivity index (χ3n) is 5.38. The van der Waals surface area contributed by atoms with E-state index in [0.717, 1.165) is 19.4 Å². The summed E-state index contributed by atoms with van der Waals surface area (Å²) in [5, 5.41) is 3.38. The van der Waals surface area contributed by atoms with Crippen molar-refractivity contribution in [1.29, 1.82) is 0 Å². The molecule has 0 aliphatic carbocycles. The minimum atomic E-state index is -0.741. The minimum Gasteiger partial charge on any atom is -0.460 e. The molecule has 5 nitrogen and oxygen atoms in total. The van der Waals surface area contributed by atoms with E-state index in [-0.39, 0.29) is 42.5 Å². The van der Waals surface area contributed by atoms with E-state index in [0.29, 0.717) is 5.56 Å². The Kier molecular flexibility index (Phi) is 8.34. The number of halogens is 1. The van der Waals surface area contributed by atoms with Crippen LogP contribution >= 0.6 is 0 Å². The normalized spacial score (nSPS) is 20.1. The van der Waals surface area contributed by atoms with Gasteiger partial charge in [0.15, 0.2) is 0 Å². The number of hydrogen-bond donors (Lipinski definition) is 1. The van der Waals surface area contributed by atoms with Gasteiger partial charge in [0.05, 0.1) is 12.0 Å². The Morgan fingerprint density at radius 2 is 1.97 bits per heavy atom. The summed E-state index contributed by atoms with van der Waals surface area (Å²) < 4.78 is 25.3. The maximum atomic E-state index is 14.2. The summed E-state index contributed by atoms with van der Waals surface area (Å²) in [4.78, 5) is 25.8. The molecule has 1 aliphatic heterocycles. The van der Waals surface area contributed by atoms with Gasteiger partial charge in [0.2, 0.25) is 0 Å². The van der Waals surface area contributed by atoms with Crippen LogP contribution in [0.25, 0.3) is 0 Å². The zero-order valence-electron chi connectivity index (χ0n) is 18.2. The number of benzene rings is 1. The van der Waals surface area contributed by atoms with Crippen LogP contribution in [0.1, 0.15) is 52.5 Å². The summed E-state index contributed by atoms with van der Waals surface area (Å²) in [5.41, 5.74) is -0.272. The standard InChI is InChI=1S/C23H34FNO4/c1-15(21(28-5)19-11-8-12-25-19)20(26)14-17(22(27)29-23(2,3)4)13-16-9-6-7-10-18(16)24/h6-7,9-10,15,17,19,21,25H,8,11-14H2,1-5H3/t15-,17+,19-,21+/m0/s1. The monoisotopic (exact) mass is 407 g/mol. The zero-order valence-corrected chi connectivity index (χ0v) is 18.2. The van der Waals surface area contributed by atoms with Crippen molar-refractivity contribution in [3.05, 3.63) is 35.6 Å². The van der Waals surface area contributed by atoms with Crippen molar-refractivity contribution in [2.24, 2.45) is 11.8 Å². The van der Waals surface area contributed by atoms with Crippen molar-refractivity contribution in [3.8, 4) is 0 Å². The predicted octanol–water partition coefficient (Wildman–Crippen LogP) is 3.69. The maximum absolute atomic E-state index is 14.2. The molecule has 29 heavy (non-hydrogen) atoms. The summed E-state index contributed by atoms with van der Waals surface area (Å²) >= 11 is 0. The maximum Gasteiger partial charge on any atom is 0.310 e. The molecular weight excluding hydrogens is 373 g/mol. The molecule has 0 amide bonds. The molecule has 0 saturated carbocycles. The van der Waals surface area contributed by atoms with Crippen LogP contribution in [-0.4, -0.2) is 43.2 Å². The molecule has 0 aromatic heterocycles. The van der Waals surface area contributed by atoms with Crippen molar-refractivity contribution < 1.29 is 23.5 Å². The summed E-state index contributed by atoms with van der Waals surface area (Å²) in [7, 11) is 1.61. The van der Waals surface area contributed by atoms with Gasteiger partial charge < -0.3 is 14.8 Å². The number of carbonyl (C=O) groups is 2. The molecule has 162 valence electrons. The fourth-order valence-electron chi connectivity index (χ4n) is 3.87.